The van der Waals surface area contributed by atoms with Crippen LogP contribution in [-0.2, 0) is 12.0 Å². The van der Waals surface area contributed by atoms with Crippen LogP contribution >= 0.6 is 0 Å². The van der Waals surface area contributed by atoms with E-state index in [0.717, 1.165) is 5.56 Å². The van der Waals surface area contributed by atoms with Crippen molar-refractivity contribution in [3.05, 3.63) is 35.5 Å². The van der Waals surface area contributed by atoms with Gasteiger partial charge in [-0.15, -0.1) is 0 Å². The minimum Gasteiger partial charge on any atom is -0.390 e. The van der Waals surface area contributed by atoms with E-state index >= 15 is 0 Å². The van der Waals surface area contributed by atoms with Gasteiger partial charge in [0.05, 0.1) is 18.5 Å². The minimum atomic E-state index is -0.315. The maximum absolute atomic E-state index is 13.5. The maximum atomic E-state index is 13.5. The van der Waals surface area contributed by atoms with Gasteiger partial charge in [0.15, 0.2) is 0 Å². The van der Waals surface area contributed by atoms with Gasteiger partial charge in [-0.25, -0.2) is 9.37 Å². The third-order valence-corrected chi connectivity index (χ3v) is 2.62. The number of aromatic nitrogens is 2. The third kappa shape index (κ3) is 1.69. The molecule has 2 aromatic heterocycles. The van der Waals surface area contributed by atoms with E-state index in [1.54, 1.807) is 10.6 Å². The van der Waals surface area contributed by atoms with Crippen molar-refractivity contribution < 1.29 is 9.50 Å². The largest absolute Gasteiger partial charge is 0.390 e. The summed E-state index contributed by atoms with van der Waals surface area (Å²) in [4.78, 5) is 4.23. The molecule has 16 heavy (non-hydrogen) atoms. The van der Waals surface area contributed by atoms with Gasteiger partial charge in [-0.3, -0.25) is 4.40 Å². The van der Waals surface area contributed by atoms with Crippen molar-refractivity contribution >= 4 is 5.65 Å². The number of aliphatic hydroxyl groups is 1. The van der Waals surface area contributed by atoms with Gasteiger partial charge in [0.1, 0.15) is 11.5 Å². The fraction of sp³-hybridized carbons (Fsp3) is 0.417. The highest BCUT2D eigenvalue weighted by atomic mass is 19.1. The molecule has 0 atom stereocenters. The molecule has 0 aliphatic heterocycles. The molecule has 0 aliphatic rings. The number of pyridine rings is 1. The SMILES string of the molecule is CC(C)(C)c1cc(F)cn2c(CO)cnc12. The first-order valence-corrected chi connectivity index (χ1v) is 5.20. The topological polar surface area (TPSA) is 37.5 Å². The summed E-state index contributed by atoms with van der Waals surface area (Å²) < 4.78 is 15.1. The van der Waals surface area contributed by atoms with Crippen LogP contribution in [0.3, 0.4) is 0 Å². The molecule has 0 fully saturated rings. The molecular formula is C12H15FN2O. The van der Waals surface area contributed by atoms with Gasteiger partial charge < -0.3 is 5.11 Å². The molecule has 2 rings (SSSR count). The van der Waals surface area contributed by atoms with Crippen molar-refractivity contribution in [1.29, 1.82) is 0 Å². The van der Waals surface area contributed by atoms with E-state index in [1.165, 1.54) is 12.3 Å². The van der Waals surface area contributed by atoms with Crippen molar-refractivity contribution in [2.45, 2.75) is 32.8 Å². The Morgan fingerprint density at radius 3 is 2.69 bits per heavy atom. The van der Waals surface area contributed by atoms with Gasteiger partial charge in [0.2, 0.25) is 0 Å². The first-order chi connectivity index (χ1) is 7.43. The summed E-state index contributed by atoms with van der Waals surface area (Å²) >= 11 is 0. The van der Waals surface area contributed by atoms with E-state index in [1.807, 2.05) is 20.8 Å². The summed E-state index contributed by atoms with van der Waals surface area (Å²) in [5.74, 6) is -0.315. The van der Waals surface area contributed by atoms with Gasteiger partial charge in [-0.1, -0.05) is 20.8 Å². The molecule has 0 saturated carbocycles. The Bertz CT molecular complexity index is 526. The molecule has 0 radical (unpaired) electrons. The Balaban J connectivity index is 2.80. The summed E-state index contributed by atoms with van der Waals surface area (Å²) in [6.07, 6.45) is 2.92. The van der Waals surface area contributed by atoms with Crippen LogP contribution in [0.25, 0.3) is 5.65 Å². The second-order valence-electron chi connectivity index (χ2n) is 4.92. The summed E-state index contributed by atoms with van der Waals surface area (Å²) in [5.41, 5.74) is 1.96. The minimum absolute atomic E-state index is 0.145. The zero-order valence-electron chi connectivity index (χ0n) is 9.66. The third-order valence-electron chi connectivity index (χ3n) is 2.62. The zero-order valence-corrected chi connectivity index (χ0v) is 9.66. The van der Waals surface area contributed by atoms with Crippen LogP contribution in [0.4, 0.5) is 4.39 Å². The molecule has 4 heteroatoms. The maximum Gasteiger partial charge on any atom is 0.140 e. The predicted octanol–water partition coefficient (Wildman–Crippen LogP) is 2.26. The average molecular weight is 222 g/mol. The van der Waals surface area contributed by atoms with Crippen LogP contribution in [0.2, 0.25) is 0 Å². The normalized spacial score (nSPS) is 12.3. The summed E-state index contributed by atoms with van der Waals surface area (Å²) in [6, 6.07) is 1.50. The van der Waals surface area contributed by atoms with E-state index < -0.39 is 0 Å². The standard InChI is InChI=1S/C12H15FN2O/c1-12(2,3)10-4-8(13)6-15-9(7-16)5-14-11(10)15/h4-6,16H,7H2,1-3H3. The second kappa shape index (κ2) is 3.56. The smallest absolute Gasteiger partial charge is 0.140 e. The van der Waals surface area contributed by atoms with Crippen molar-refractivity contribution in [3.8, 4) is 0 Å². The lowest BCUT2D eigenvalue weighted by Gasteiger charge is -2.19. The zero-order chi connectivity index (χ0) is 11.9. The summed E-state index contributed by atoms with van der Waals surface area (Å²) in [5, 5.41) is 9.13. The van der Waals surface area contributed by atoms with Crippen LogP contribution in [0.15, 0.2) is 18.5 Å². The van der Waals surface area contributed by atoms with E-state index in [0.29, 0.717) is 11.3 Å². The molecule has 3 nitrogen and oxygen atoms in total. The molecule has 86 valence electrons. The number of aliphatic hydroxyl groups excluding tert-OH is 1. The van der Waals surface area contributed by atoms with E-state index in [-0.39, 0.29) is 17.8 Å². The molecule has 0 amide bonds. The van der Waals surface area contributed by atoms with Gasteiger partial charge in [-0.2, -0.15) is 0 Å². The summed E-state index contributed by atoms with van der Waals surface area (Å²) in [6.45, 7) is 5.88. The number of rotatable bonds is 1. The monoisotopic (exact) mass is 222 g/mol. The molecule has 0 aromatic carbocycles. The Kier molecular flexibility index (Phi) is 2.46. The highest BCUT2D eigenvalue weighted by Crippen LogP contribution is 2.27. The molecule has 0 saturated heterocycles. The first-order valence-electron chi connectivity index (χ1n) is 5.20. The number of fused-ring (bicyclic) bond motifs is 1. The molecule has 0 aliphatic carbocycles. The molecule has 1 N–H and O–H groups in total. The number of imidazole rings is 1. The first kappa shape index (κ1) is 11.1. The fourth-order valence-electron chi connectivity index (χ4n) is 1.77. The van der Waals surface area contributed by atoms with Gasteiger partial charge in [0, 0.05) is 11.8 Å². The van der Waals surface area contributed by atoms with Crippen molar-refractivity contribution in [1.82, 2.24) is 9.38 Å². The number of hydrogen-bond donors (Lipinski definition) is 1. The lowest BCUT2D eigenvalue weighted by molar-refractivity contribution is 0.275. The molecule has 0 bridgehead atoms. The molecule has 2 aromatic rings. The Morgan fingerprint density at radius 1 is 1.44 bits per heavy atom. The van der Waals surface area contributed by atoms with Gasteiger partial charge in [-0.05, 0) is 11.5 Å². The fourth-order valence-corrected chi connectivity index (χ4v) is 1.77. The van der Waals surface area contributed by atoms with E-state index in [4.69, 9.17) is 5.11 Å². The van der Waals surface area contributed by atoms with Crippen LogP contribution in [0.5, 0.6) is 0 Å². The van der Waals surface area contributed by atoms with E-state index in [9.17, 15) is 4.39 Å². The van der Waals surface area contributed by atoms with Crippen molar-refractivity contribution in [3.63, 3.8) is 0 Å². The Labute approximate surface area is 93.6 Å². The Morgan fingerprint density at radius 2 is 2.12 bits per heavy atom. The van der Waals surface area contributed by atoms with Crippen LogP contribution in [-0.4, -0.2) is 14.5 Å². The second-order valence-corrected chi connectivity index (χ2v) is 4.92. The van der Waals surface area contributed by atoms with Crippen LogP contribution in [0.1, 0.15) is 32.0 Å². The predicted molar refractivity (Wildman–Crippen MR) is 59.8 cm³/mol. The highest BCUT2D eigenvalue weighted by molar-refractivity contribution is 5.52. The molecule has 0 spiro atoms. The number of nitrogens with zero attached hydrogens (tertiary/aromatic N) is 2. The quantitative estimate of drug-likeness (QED) is 0.803. The van der Waals surface area contributed by atoms with Crippen LogP contribution in [0, 0.1) is 5.82 Å². The van der Waals surface area contributed by atoms with E-state index in [2.05, 4.69) is 4.98 Å². The van der Waals surface area contributed by atoms with Gasteiger partial charge >= 0.3 is 0 Å². The summed E-state index contributed by atoms with van der Waals surface area (Å²) in [7, 11) is 0. The van der Waals surface area contributed by atoms with Crippen molar-refractivity contribution in [2.24, 2.45) is 0 Å². The van der Waals surface area contributed by atoms with Gasteiger partial charge in [0.25, 0.3) is 0 Å². The number of hydrogen-bond acceptors (Lipinski definition) is 2. The number of halogens is 1. The Hall–Kier alpha value is -1.42. The molecule has 0 unspecified atom stereocenters. The lowest BCUT2D eigenvalue weighted by Crippen LogP contribution is -2.14. The molecule has 2 heterocycles. The van der Waals surface area contributed by atoms with Crippen molar-refractivity contribution in [2.75, 3.05) is 0 Å². The lowest BCUT2D eigenvalue weighted by atomic mass is 9.88. The highest BCUT2D eigenvalue weighted by Gasteiger charge is 2.20. The van der Waals surface area contributed by atoms with Crippen LogP contribution < -0.4 is 0 Å². The average Bonchev–Trinajstić information content (AvgIpc) is 2.57. The molecular weight excluding hydrogens is 207 g/mol.